The molecule has 0 atom stereocenters. The quantitative estimate of drug-likeness (QED) is 0.683. The molecule has 2 aromatic carbocycles. The van der Waals surface area contributed by atoms with Gasteiger partial charge in [0.05, 0.1) is 12.8 Å². The number of nitrogens with zero attached hydrogens (tertiary/aromatic N) is 1. The third-order valence-electron chi connectivity index (χ3n) is 2.97. The van der Waals surface area contributed by atoms with Crippen LogP contribution in [0, 0.1) is 0 Å². The predicted octanol–water partition coefficient (Wildman–Crippen LogP) is 5.32. The molecular formula is C16H13BrN2OS. The zero-order chi connectivity index (χ0) is 14.7. The zero-order valence-corrected chi connectivity index (χ0v) is 13.7. The van der Waals surface area contributed by atoms with Crippen LogP contribution in [-0.2, 0) is 0 Å². The Balaban J connectivity index is 1.80. The molecule has 1 N–H and O–H groups in total. The molecule has 0 radical (unpaired) electrons. The van der Waals surface area contributed by atoms with E-state index in [1.807, 2.05) is 41.8 Å². The molecule has 0 aliphatic heterocycles. The minimum Gasteiger partial charge on any atom is -0.497 e. The highest BCUT2D eigenvalue weighted by atomic mass is 79.9. The molecular weight excluding hydrogens is 348 g/mol. The van der Waals surface area contributed by atoms with Gasteiger partial charge in [0.2, 0.25) is 0 Å². The van der Waals surface area contributed by atoms with E-state index in [4.69, 9.17) is 4.74 Å². The van der Waals surface area contributed by atoms with Crippen LogP contribution in [0.15, 0.2) is 58.4 Å². The van der Waals surface area contributed by atoms with Crippen LogP contribution in [0.4, 0.5) is 10.8 Å². The van der Waals surface area contributed by atoms with Crippen LogP contribution < -0.4 is 10.1 Å². The number of ether oxygens (including phenoxy) is 1. The highest BCUT2D eigenvalue weighted by Crippen LogP contribution is 2.28. The molecule has 0 saturated heterocycles. The van der Waals surface area contributed by atoms with Crippen molar-refractivity contribution in [1.82, 2.24) is 4.98 Å². The normalized spacial score (nSPS) is 10.4. The maximum Gasteiger partial charge on any atom is 0.187 e. The number of halogens is 1. The number of hydrogen-bond acceptors (Lipinski definition) is 4. The van der Waals surface area contributed by atoms with E-state index in [1.165, 1.54) is 0 Å². The SMILES string of the molecule is COc1cccc(Nc2nc(-c3ccc(Br)cc3)cs2)c1. The van der Waals surface area contributed by atoms with Crippen LogP contribution in [0.1, 0.15) is 0 Å². The topological polar surface area (TPSA) is 34.1 Å². The average Bonchev–Trinajstić information content (AvgIpc) is 2.96. The van der Waals surface area contributed by atoms with Gasteiger partial charge in [-0.3, -0.25) is 0 Å². The average molecular weight is 361 g/mol. The van der Waals surface area contributed by atoms with E-state index >= 15 is 0 Å². The van der Waals surface area contributed by atoms with Crippen molar-refractivity contribution < 1.29 is 4.74 Å². The first-order valence-electron chi connectivity index (χ1n) is 6.37. The van der Waals surface area contributed by atoms with E-state index in [0.29, 0.717) is 0 Å². The van der Waals surface area contributed by atoms with Gasteiger partial charge >= 0.3 is 0 Å². The lowest BCUT2D eigenvalue weighted by Crippen LogP contribution is -1.90. The molecule has 0 aliphatic rings. The Labute approximate surface area is 135 Å². The Morgan fingerprint density at radius 2 is 1.95 bits per heavy atom. The second-order valence-electron chi connectivity index (χ2n) is 4.40. The number of rotatable bonds is 4. The van der Waals surface area contributed by atoms with Crippen LogP contribution in [0.5, 0.6) is 5.75 Å². The van der Waals surface area contributed by atoms with Gasteiger partial charge in [-0.15, -0.1) is 11.3 Å². The maximum absolute atomic E-state index is 5.22. The highest BCUT2D eigenvalue weighted by molar-refractivity contribution is 9.10. The Morgan fingerprint density at radius 3 is 2.71 bits per heavy atom. The zero-order valence-electron chi connectivity index (χ0n) is 11.3. The number of thiazole rings is 1. The molecule has 0 spiro atoms. The monoisotopic (exact) mass is 360 g/mol. The second-order valence-corrected chi connectivity index (χ2v) is 6.18. The first-order chi connectivity index (χ1) is 10.2. The molecule has 3 nitrogen and oxygen atoms in total. The number of anilines is 2. The highest BCUT2D eigenvalue weighted by Gasteiger charge is 2.05. The van der Waals surface area contributed by atoms with E-state index in [2.05, 4.69) is 38.4 Å². The molecule has 0 unspecified atom stereocenters. The summed E-state index contributed by atoms with van der Waals surface area (Å²) in [5, 5.41) is 6.21. The van der Waals surface area contributed by atoms with Crippen molar-refractivity contribution in [2.75, 3.05) is 12.4 Å². The van der Waals surface area contributed by atoms with Crippen LogP contribution in [0.3, 0.4) is 0 Å². The van der Waals surface area contributed by atoms with Crippen LogP contribution >= 0.6 is 27.3 Å². The third-order valence-corrected chi connectivity index (χ3v) is 4.25. The first-order valence-corrected chi connectivity index (χ1v) is 8.04. The molecule has 21 heavy (non-hydrogen) atoms. The maximum atomic E-state index is 5.22. The Morgan fingerprint density at radius 1 is 1.14 bits per heavy atom. The molecule has 0 fully saturated rings. The van der Waals surface area contributed by atoms with E-state index in [1.54, 1.807) is 18.4 Å². The summed E-state index contributed by atoms with van der Waals surface area (Å²) in [6.07, 6.45) is 0. The fraction of sp³-hybridized carbons (Fsp3) is 0.0625. The summed E-state index contributed by atoms with van der Waals surface area (Å²) < 4.78 is 6.28. The number of aromatic nitrogens is 1. The minimum absolute atomic E-state index is 0.824. The summed E-state index contributed by atoms with van der Waals surface area (Å²) in [6, 6.07) is 15.9. The predicted molar refractivity (Wildman–Crippen MR) is 91.5 cm³/mol. The smallest absolute Gasteiger partial charge is 0.187 e. The van der Waals surface area contributed by atoms with Crippen molar-refractivity contribution in [3.8, 4) is 17.0 Å². The van der Waals surface area contributed by atoms with E-state index in [-0.39, 0.29) is 0 Å². The summed E-state index contributed by atoms with van der Waals surface area (Å²) in [4.78, 5) is 4.61. The molecule has 5 heteroatoms. The van der Waals surface area contributed by atoms with Crippen LogP contribution in [0.25, 0.3) is 11.3 Å². The van der Waals surface area contributed by atoms with Gasteiger partial charge in [0.25, 0.3) is 0 Å². The van der Waals surface area contributed by atoms with Crippen molar-refractivity contribution in [1.29, 1.82) is 0 Å². The molecule has 0 saturated carbocycles. The van der Waals surface area contributed by atoms with Crippen molar-refractivity contribution in [3.05, 3.63) is 58.4 Å². The molecule has 0 amide bonds. The van der Waals surface area contributed by atoms with E-state index in [9.17, 15) is 0 Å². The summed E-state index contributed by atoms with van der Waals surface area (Å²) in [5.74, 6) is 0.824. The molecule has 3 aromatic rings. The standard InChI is InChI=1S/C16H13BrN2OS/c1-20-14-4-2-3-13(9-14)18-16-19-15(10-21-16)11-5-7-12(17)8-6-11/h2-10H,1H3,(H,18,19). The van der Waals surface area contributed by atoms with Crippen LogP contribution in [0.2, 0.25) is 0 Å². The first kappa shape index (κ1) is 14.1. The number of hydrogen-bond donors (Lipinski definition) is 1. The van der Waals surface area contributed by atoms with Crippen molar-refractivity contribution in [2.24, 2.45) is 0 Å². The van der Waals surface area contributed by atoms with Crippen LogP contribution in [-0.4, -0.2) is 12.1 Å². The molecule has 1 heterocycles. The fourth-order valence-electron chi connectivity index (χ4n) is 1.91. The number of benzene rings is 2. The summed E-state index contributed by atoms with van der Waals surface area (Å²) in [7, 11) is 1.66. The van der Waals surface area contributed by atoms with Gasteiger partial charge < -0.3 is 10.1 Å². The lowest BCUT2D eigenvalue weighted by molar-refractivity contribution is 0.415. The van der Waals surface area contributed by atoms with Gasteiger partial charge in [-0.2, -0.15) is 0 Å². The van der Waals surface area contributed by atoms with Crippen molar-refractivity contribution in [3.63, 3.8) is 0 Å². The van der Waals surface area contributed by atoms with Gasteiger partial charge in [-0.05, 0) is 24.3 Å². The third kappa shape index (κ3) is 3.43. The lowest BCUT2D eigenvalue weighted by Gasteiger charge is -2.04. The Kier molecular flexibility index (Phi) is 4.22. The fourth-order valence-corrected chi connectivity index (χ4v) is 2.91. The van der Waals surface area contributed by atoms with E-state index in [0.717, 1.165) is 32.3 Å². The number of methoxy groups -OCH3 is 1. The van der Waals surface area contributed by atoms with Gasteiger partial charge in [0, 0.05) is 27.2 Å². The number of nitrogens with one attached hydrogen (secondary N) is 1. The van der Waals surface area contributed by atoms with Crippen molar-refractivity contribution >= 4 is 38.1 Å². The van der Waals surface area contributed by atoms with Gasteiger partial charge in [0.15, 0.2) is 5.13 Å². The summed E-state index contributed by atoms with van der Waals surface area (Å²) in [6.45, 7) is 0. The molecule has 3 rings (SSSR count). The van der Waals surface area contributed by atoms with Gasteiger partial charge in [-0.25, -0.2) is 4.98 Å². The van der Waals surface area contributed by atoms with Gasteiger partial charge in [0.1, 0.15) is 5.75 Å². The molecule has 106 valence electrons. The molecule has 1 aromatic heterocycles. The summed E-state index contributed by atoms with van der Waals surface area (Å²) >= 11 is 5.02. The Hall–Kier alpha value is -1.85. The summed E-state index contributed by atoms with van der Waals surface area (Å²) in [5.41, 5.74) is 3.04. The lowest BCUT2D eigenvalue weighted by atomic mass is 10.2. The van der Waals surface area contributed by atoms with Gasteiger partial charge in [-0.1, -0.05) is 34.1 Å². The van der Waals surface area contributed by atoms with E-state index < -0.39 is 0 Å². The molecule has 0 bridgehead atoms. The minimum atomic E-state index is 0.824. The second kappa shape index (κ2) is 6.28. The Bertz CT molecular complexity index is 740. The molecule has 0 aliphatic carbocycles. The largest absolute Gasteiger partial charge is 0.497 e. The van der Waals surface area contributed by atoms with Crippen molar-refractivity contribution in [2.45, 2.75) is 0 Å².